The summed E-state index contributed by atoms with van der Waals surface area (Å²) < 4.78 is 7.97. The van der Waals surface area contributed by atoms with Crippen molar-refractivity contribution in [1.82, 2.24) is 14.8 Å². The van der Waals surface area contributed by atoms with Crippen molar-refractivity contribution < 1.29 is 9.53 Å². The second-order valence-corrected chi connectivity index (χ2v) is 7.95. The third kappa shape index (κ3) is 4.10. The molecule has 0 radical (unpaired) electrons. The molecule has 1 amide bonds. The number of aromatic nitrogens is 3. The Morgan fingerprint density at radius 1 is 1.31 bits per heavy atom. The van der Waals surface area contributed by atoms with E-state index in [-0.39, 0.29) is 12.0 Å². The predicted molar refractivity (Wildman–Crippen MR) is 102 cm³/mol. The minimum absolute atomic E-state index is 0.0241. The molecule has 1 aliphatic carbocycles. The number of carbonyl (C=O) groups excluding carboxylic acids is 1. The van der Waals surface area contributed by atoms with Gasteiger partial charge in [-0.25, -0.2) is 0 Å². The van der Waals surface area contributed by atoms with Crippen molar-refractivity contribution in [3.05, 3.63) is 35.7 Å². The highest BCUT2D eigenvalue weighted by molar-refractivity contribution is 7.99. The van der Waals surface area contributed by atoms with Crippen LogP contribution < -0.4 is 5.32 Å². The fourth-order valence-electron chi connectivity index (χ4n) is 3.24. The zero-order valence-electron chi connectivity index (χ0n) is 15.0. The van der Waals surface area contributed by atoms with E-state index in [4.69, 9.17) is 4.74 Å². The molecular weight excluding hydrogens is 348 g/mol. The topological polar surface area (TPSA) is 69.0 Å². The van der Waals surface area contributed by atoms with E-state index < -0.39 is 0 Å². The molecule has 4 rings (SSSR count). The van der Waals surface area contributed by atoms with Crippen LogP contribution in [0.3, 0.4) is 0 Å². The third-order valence-corrected chi connectivity index (χ3v) is 5.82. The molecule has 0 bridgehead atoms. The lowest BCUT2D eigenvalue weighted by atomic mass is 10.2. The van der Waals surface area contributed by atoms with E-state index in [1.165, 1.54) is 24.6 Å². The summed E-state index contributed by atoms with van der Waals surface area (Å²) in [5.41, 5.74) is 1.92. The fourth-order valence-corrected chi connectivity index (χ4v) is 4.00. The van der Waals surface area contributed by atoms with Crippen LogP contribution in [0.1, 0.15) is 43.0 Å². The van der Waals surface area contributed by atoms with Gasteiger partial charge >= 0.3 is 0 Å². The molecule has 1 saturated heterocycles. The van der Waals surface area contributed by atoms with E-state index in [9.17, 15) is 4.79 Å². The Kier molecular flexibility index (Phi) is 5.26. The number of carbonyl (C=O) groups is 1. The second kappa shape index (κ2) is 7.80. The van der Waals surface area contributed by atoms with Crippen molar-refractivity contribution in [2.75, 3.05) is 17.7 Å². The van der Waals surface area contributed by atoms with Gasteiger partial charge in [0.1, 0.15) is 5.82 Å². The van der Waals surface area contributed by atoms with E-state index in [2.05, 4.69) is 20.1 Å². The van der Waals surface area contributed by atoms with E-state index in [0.717, 1.165) is 48.2 Å². The van der Waals surface area contributed by atoms with E-state index in [1.54, 1.807) is 0 Å². The van der Waals surface area contributed by atoms with Gasteiger partial charge in [-0.2, -0.15) is 0 Å². The molecule has 2 heterocycles. The molecule has 2 aliphatic rings. The third-order valence-electron chi connectivity index (χ3n) is 4.85. The van der Waals surface area contributed by atoms with Crippen LogP contribution in [-0.4, -0.2) is 39.1 Å². The molecule has 7 heteroatoms. The Bertz CT molecular complexity index is 782. The van der Waals surface area contributed by atoms with Gasteiger partial charge in [-0.1, -0.05) is 30.0 Å². The molecule has 1 aromatic carbocycles. The number of hydrogen-bond donors (Lipinski definition) is 1. The van der Waals surface area contributed by atoms with Crippen molar-refractivity contribution >= 4 is 23.4 Å². The van der Waals surface area contributed by atoms with E-state index in [1.807, 2.05) is 31.2 Å². The predicted octanol–water partition coefficient (Wildman–Crippen LogP) is 3.37. The Morgan fingerprint density at radius 2 is 2.15 bits per heavy atom. The molecule has 1 N–H and O–H groups in total. The van der Waals surface area contributed by atoms with Gasteiger partial charge in [0, 0.05) is 18.2 Å². The van der Waals surface area contributed by atoms with E-state index in [0.29, 0.717) is 11.7 Å². The smallest absolute Gasteiger partial charge is 0.234 e. The number of nitrogens with one attached hydrogen (secondary N) is 1. The Balaban J connectivity index is 1.41. The first-order valence-electron chi connectivity index (χ1n) is 9.23. The first kappa shape index (κ1) is 17.5. The molecule has 0 unspecified atom stereocenters. The van der Waals surface area contributed by atoms with Crippen LogP contribution in [0.15, 0.2) is 29.4 Å². The van der Waals surface area contributed by atoms with E-state index >= 15 is 0 Å². The number of thioether (sulfide) groups is 1. The lowest BCUT2D eigenvalue weighted by Gasteiger charge is -2.14. The molecule has 1 aliphatic heterocycles. The second-order valence-electron chi connectivity index (χ2n) is 7.01. The molecular formula is C19H24N4O2S. The monoisotopic (exact) mass is 372 g/mol. The highest BCUT2D eigenvalue weighted by atomic mass is 32.2. The molecule has 2 fully saturated rings. The minimum Gasteiger partial charge on any atom is -0.376 e. The number of para-hydroxylation sites is 1. The van der Waals surface area contributed by atoms with Crippen LogP contribution in [0.5, 0.6) is 0 Å². The van der Waals surface area contributed by atoms with Crippen molar-refractivity contribution in [3.8, 4) is 0 Å². The summed E-state index contributed by atoms with van der Waals surface area (Å²) in [5, 5.41) is 12.6. The highest BCUT2D eigenvalue weighted by Gasteiger charge is 2.32. The van der Waals surface area contributed by atoms with Gasteiger partial charge in [0.25, 0.3) is 0 Å². The fraction of sp³-hybridized carbons (Fsp3) is 0.526. The molecule has 1 atom stereocenters. The number of rotatable bonds is 7. The lowest BCUT2D eigenvalue weighted by Crippen LogP contribution is -2.19. The maximum absolute atomic E-state index is 12.3. The van der Waals surface area contributed by atoms with Gasteiger partial charge in [-0.3, -0.25) is 4.79 Å². The lowest BCUT2D eigenvalue weighted by molar-refractivity contribution is -0.113. The zero-order valence-corrected chi connectivity index (χ0v) is 15.8. The zero-order chi connectivity index (χ0) is 17.9. The van der Waals surface area contributed by atoms with Crippen LogP contribution >= 0.6 is 11.8 Å². The number of amides is 1. The molecule has 1 aromatic heterocycles. The number of ether oxygens (including phenoxy) is 1. The number of hydrogen-bond acceptors (Lipinski definition) is 5. The summed E-state index contributed by atoms with van der Waals surface area (Å²) in [7, 11) is 0. The first-order chi connectivity index (χ1) is 12.7. The van der Waals surface area contributed by atoms with Gasteiger partial charge in [-0.15, -0.1) is 10.2 Å². The molecule has 1 saturated carbocycles. The summed E-state index contributed by atoms with van der Waals surface area (Å²) in [6.45, 7) is 3.62. The van der Waals surface area contributed by atoms with Crippen LogP contribution in [0.25, 0.3) is 0 Å². The Hall–Kier alpha value is -1.86. The normalized spacial score (nSPS) is 19.7. The maximum atomic E-state index is 12.3. The van der Waals surface area contributed by atoms with Crippen molar-refractivity contribution in [2.24, 2.45) is 0 Å². The van der Waals surface area contributed by atoms with Gasteiger partial charge in [0.05, 0.1) is 18.4 Å². The summed E-state index contributed by atoms with van der Waals surface area (Å²) in [6.07, 6.45) is 4.81. The first-order valence-corrected chi connectivity index (χ1v) is 10.2. The molecule has 26 heavy (non-hydrogen) atoms. The van der Waals surface area contributed by atoms with Crippen LogP contribution in [-0.2, 0) is 16.1 Å². The number of anilines is 1. The summed E-state index contributed by atoms with van der Waals surface area (Å²) in [4.78, 5) is 12.3. The van der Waals surface area contributed by atoms with Crippen LogP contribution in [0.2, 0.25) is 0 Å². The molecule has 138 valence electrons. The number of benzene rings is 1. The standard InChI is InChI=1S/C19H24N4O2S/c1-13-5-2-3-7-16(13)20-17(24)12-26-19-22-21-18(14-8-9-14)23(19)11-15-6-4-10-25-15/h2-3,5,7,14-15H,4,6,8-12H2,1H3,(H,20,24)/t15-/m0/s1. The van der Waals surface area contributed by atoms with Crippen molar-refractivity contribution in [1.29, 1.82) is 0 Å². The maximum Gasteiger partial charge on any atom is 0.234 e. The molecule has 6 nitrogen and oxygen atoms in total. The summed E-state index contributed by atoms with van der Waals surface area (Å²) in [5.74, 6) is 1.88. The van der Waals surface area contributed by atoms with Gasteiger partial charge < -0.3 is 14.6 Å². The minimum atomic E-state index is -0.0241. The van der Waals surface area contributed by atoms with Crippen molar-refractivity contribution in [2.45, 2.75) is 56.3 Å². The number of aryl methyl sites for hydroxylation is 1. The van der Waals surface area contributed by atoms with Gasteiger partial charge in [-0.05, 0) is 44.2 Å². The molecule has 2 aromatic rings. The number of nitrogens with zero attached hydrogens (tertiary/aromatic N) is 3. The Labute approximate surface area is 157 Å². The average molecular weight is 372 g/mol. The highest BCUT2D eigenvalue weighted by Crippen LogP contribution is 2.40. The summed E-state index contributed by atoms with van der Waals surface area (Å²) >= 11 is 1.45. The Morgan fingerprint density at radius 3 is 2.88 bits per heavy atom. The quantitative estimate of drug-likeness (QED) is 0.755. The van der Waals surface area contributed by atoms with Crippen LogP contribution in [0.4, 0.5) is 5.69 Å². The van der Waals surface area contributed by atoms with Crippen LogP contribution in [0, 0.1) is 6.92 Å². The van der Waals surface area contributed by atoms with Crippen molar-refractivity contribution in [3.63, 3.8) is 0 Å². The largest absolute Gasteiger partial charge is 0.376 e. The average Bonchev–Trinajstić information content (AvgIpc) is 3.20. The molecule has 0 spiro atoms. The SMILES string of the molecule is Cc1ccccc1NC(=O)CSc1nnc(C2CC2)n1C[C@@H]1CCCO1. The summed E-state index contributed by atoms with van der Waals surface area (Å²) in [6, 6.07) is 7.80. The van der Waals surface area contributed by atoms with Gasteiger partial charge in [0.2, 0.25) is 5.91 Å². The van der Waals surface area contributed by atoms with Gasteiger partial charge in [0.15, 0.2) is 5.16 Å².